The van der Waals surface area contributed by atoms with Crippen molar-refractivity contribution in [2.24, 2.45) is 0 Å². The lowest BCUT2D eigenvalue weighted by Crippen LogP contribution is -1.95. The molecule has 0 bridgehead atoms. The summed E-state index contributed by atoms with van der Waals surface area (Å²) < 4.78 is 10.3. The minimum absolute atomic E-state index is 0.120. The molecule has 0 fully saturated rings. The van der Waals surface area contributed by atoms with Crippen LogP contribution in [0.25, 0.3) is 0 Å². The number of methoxy groups -OCH3 is 2. The molecule has 0 N–H and O–H groups in total. The maximum Gasteiger partial charge on any atom is 0.129 e. The minimum Gasteiger partial charge on any atom is -0.496 e. The van der Waals surface area contributed by atoms with Crippen LogP contribution in [-0.4, -0.2) is 20.8 Å². The van der Waals surface area contributed by atoms with Crippen molar-refractivity contribution in [3.63, 3.8) is 0 Å². The molecule has 1 aromatic carbocycles. The summed E-state index contributed by atoms with van der Waals surface area (Å²) in [5.74, 6) is 0.863. The summed E-state index contributed by atoms with van der Waals surface area (Å²) in [5, 5.41) is 1.85. The summed E-state index contributed by atoms with van der Waals surface area (Å²) in [4.78, 5) is 1.10. The first-order valence-electron chi connectivity index (χ1n) is 6.09. The maximum atomic E-state index is 6.49. The monoisotopic (exact) mass is 296 g/mol. The van der Waals surface area contributed by atoms with Gasteiger partial charge >= 0.3 is 0 Å². The Bertz CT molecular complexity index is 507. The molecular formula is C15H17ClO2S. The third kappa shape index (κ3) is 3.72. The van der Waals surface area contributed by atoms with E-state index in [1.54, 1.807) is 25.6 Å². The van der Waals surface area contributed by atoms with Crippen LogP contribution in [0.4, 0.5) is 0 Å². The van der Waals surface area contributed by atoms with Gasteiger partial charge in [-0.25, -0.2) is 0 Å². The van der Waals surface area contributed by atoms with E-state index in [1.807, 2.05) is 11.4 Å². The largest absolute Gasteiger partial charge is 0.496 e. The van der Waals surface area contributed by atoms with Gasteiger partial charge in [0.15, 0.2) is 0 Å². The van der Waals surface area contributed by atoms with Crippen LogP contribution in [0.1, 0.15) is 21.4 Å². The van der Waals surface area contributed by atoms with E-state index in [0.29, 0.717) is 0 Å². The summed E-state index contributed by atoms with van der Waals surface area (Å²) in [6, 6.07) is 10.4. The molecule has 2 nitrogen and oxygen atoms in total. The molecule has 1 atom stereocenters. The Labute approximate surface area is 122 Å². The lowest BCUT2D eigenvalue weighted by molar-refractivity contribution is 0.202. The van der Waals surface area contributed by atoms with E-state index < -0.39 is 0 Å². The van der Waals surface area contributed by atoms with Crippen molar-refractivity contribution >= 4 is 22.9 Å². The van der Waals surface area contributed by atoms with E-state index in [2.05, 4.69) is 24.3 Å². The zero-order chi connectivity index (χ0) is 13.7. The lowest BCUT2D eigenvalue weighted by Gasteiger charge is -2.08. The standard InChI is InChI=1S/C15H17ClO2S/c1-17-8-7-11-3-5-12(6-4-11)15(16)14-9-13(18-2)10-19-14/h3-6,9-10,15H,7-8H2,1-2H3. The van der Waals surface area contributed by atoms with E-state index >= 15 is 0 Å². The summed E-state index contributed by atoms with van der Waals surface area (Å²) >= 11 is 8.11. The molecule has 1 unspecified atom stereocenters. The Hall–Kier alpha value is -1.03. The third-order valence-electron chi connectivity index (χ3n) is 2.95. The molecule has 4 heteroatoms. The first-order chi connectivity index (χ1) is 9.24. The van der Waals surface area contributed by atoms with Crippen molar-refractivity contribution in [3.05, 3.63) is 51.7 Å². The van der Waals surface area contributed by atoms with Crippen LogP contribution in [-0.2, 0) is 11.2 Å². The zero-order valence-electron chi connectivity index (χ0n) is 11.1. The molecule has 19 heavy (non-hydrogen) atoms. The van der Waals surface area contributed by atoms with Gasteiger partial charge in [-0.15, -0.1) is 22.9 Å². The number of hydrogen-bond donors (Lipinski definition) is 0. The average Bonchev–Trinajstić information content (AvgIpc) is 2.94. The minimum atomic E-state index is -0.120. The fourth-order valence-corrected chi connectivity index (χ4v) is 3.03. The first-order valence-corrected chi connectivity index (χ1v) is 7.40. The van der Waals surface area contributed by atoms with Crippen LogP contribution in [0.15, 0.2) is 35.7 Å². The predicted molar refractivity (Wildman–Crippen MR) is 80.6 cm³/mol. The molecule has 0 saturated heterocycles. The highest BCUT2D eigenvalue weighted by Gasteiger charge is 2.13. The molecule has 1 heterocycles. The quantitative estimate of drug-likeness (QED) is 0.741. The van der Waals surface area contributed by atoms with Crippen molar-refractivity contribution in [2.75, 3.05) is 20.8 Å². The first kappa shape index (κ1) is 14.4. The molecule has 0 spiro atoms. The van der Waals surface area contributed by atoms with E-state index in [4.69, 9.17) is 21.1 Å². The highest BCUT2D eigenvalue weighted by molar-refractivity contribution is 7.10. The Morgan fingerprint density at radius 1 is 1.21 bits per heavy atom. The van der Waals surface area contributed by atoms with E-state index in [-0.39, 0.29) is 5.38 Å². The summed E-state index contributed by atoms with van der Waals surface area (Å²) in [6.07, 6.45) is 0.927. The van der Waals surface area contributed by atoms with Crippen LogP contribution in [0.2, 0.25) is 0 Å². The molecule has 0 aliphatic heterocycles. The second kappa shape index (κ2) is 6.94. The Morgan fingerprint density at radius 3 is 2.53 bits per heavy atom. The lowest BCUT2D eigenvalue weighted by atomic mass is 10.1. The number of benzene rings is 1. The SMILES string of the molecule is COCCc1ccc(C(Cl)c2cc(OC)cs2)cc1. The van der Waals surface area contributed by atoms with Crippen molar-refractivity contribution in [1.82, 2.24) is 0 Å². The molecule has 102 valence electrons. The number of alkyl halides is 1. The number of ether oxygens (including phenoxy) is 2. The van der Waals surface area contributed by atoms with Crippen molar-refractivity contribution in [1.29, 1.82) is 0 Å². The number of halogens is 1. The van der Waals surface area contributed by atoms with Gasteiger partial charge in [-0.1, -0.05) is 24.3 Å². The summed E-state index contributed by atoms with van der Waals surface area (Å²) in [5.41, 5.74) is 2.37. The summed E-state index contributed by atoms with van der Waals surface area (Å²) in [6.45, 7) is 0.742. The van der Waals surface area contributed by atoms with Gasteiger partial charge in [0.1, 0.15) is 5.75 Å². The fraction of sp³-hybridized carbons (Fsp3) is 0.333. The smallest absolute Gasteiger partial charge is 0.129 e. The highest BCUT2D eigenvalue weighted by Crippen LogP contribution is 2.35. The van der Waals surface area contributed by atoms with Gasteiger partial charge in [0, 0.05) is 17.4 Å². The molecule has 0 aliphatic rings. The number of hydrogen-bond acceptors (Lipinski definition) is 3. The molecule has 0 amide bonds. The summed E-state index contributed by atoms with van der Waals surface area (Å²) in [7, 11) is 3.38. The van der Waals surface area contributed by atoms with Gasteiger partial charge in [0.05, 0.1) is 19.1 Å². The topological polar surface area (TPSA) is 18.5 Å². The maximum absolute atomic E-state index is 6.49. The van der Waals surface area contributed by atoms with Crippen LogP contribution in [0.3, 0.4) is 0 Å². The fourth-order valence-electron chi connectivity index (χ4n) is 1.81. The Balaban J connectivity index is 2.08. The molecular weight excluding hydrogens is 280 g/mol. The third-order valence-corrected chi connectivity index (χ3v) is 4.54. The normalized spacial score (nSPS) is 12.4. The van der Waals surface area contributed by atoms with E-state index in [1.165, 1.54) is 5.56 Å². The average molecular weight is 297 g/mol. The van der Waals surface area contributed by atoms with E-state index in [0.717, 1.165) is 29.2 Å². The molecule has 2 aromatic rings. The molecule has 0 aliphatic carbocycles. The molecule has 0 radical (unpaired) electrons. The molecule has 0 saturated carbocycles. The Kier molecular flexibility index (Phi) is 5.25. The van der Waals surface area contributed by atoms with Crippen LogP contribution >= 0.6 is 22.9 Å². The molecule has 2 rings (SSSR count). The number of rotatable bonds is 6. The number of thiophene rings is 1. The van der Waals surface area contributed by atoms with Crippen LogP contribution in [0, 0.1) is 0 Å². The van der Waals surface area contributed by atoms with Gasteiger partial charge < -0.3 is 9.47 Å². The van der Waals surface area contributed by atoms with Crippen molar-refractivity contribution in [2.45, 2.75) is 11.8 Å². The highest BCUT2D eigenvalue weighted by atomic mass is 35.5. The molecule has 1 aromatic heterocycles. The predicted octanol–water partition coefficient (Wildman–Crippen LogP) is 4.27. The van der Waals surface area contributed by atoms with Gasteiger partial charge in [0.2, 0.25) is 0 Å². The zero-order valence-corrected chi connectivity index (χ0v) is 12.6. The van der Waals surface area contributed by atoms with Crippen LogP contribution in [0.5, 0.6) is 5.75 Å². The van der Waals surface area contributed by atoms with E-state index in [9.17, 15) is 0 Å². The van der Waals surface area contributed by atoms with Gasteiger partial charge in [-0.3, -0.25) is 0 Å². The van der Waals surface area contributed by atoms with Gasteiger partial charge in [-0.05, 0) is 23.6 Å². The van der Waals surface area contributed by atoms with Gasteiger partial charge in [-0.2, -0.15) is 0 Å². The second-order valence-electron chi connectivity index (χ2n) is 4.24. The van der Waals surface area contributed by atoms with Crippen molar-refractivity contribution in [3.8, 4) is 5.75 Å². The van der Waals surface area contributed by atoms with Crippen molar-refractivity contribution < 1.29 is 9.47 Å². The second-order valence-corrected chi connectivity index (χ2v) is 5.62. The van der Waals surface area contributed by atoms with Crippen LogP contribution < -0.4 is 4.74 Å². The van der Waals surface area contributed by atoms with Gasteiger partial charge in [0.25, 0.3) is 0 Å². The Morgan fingerprint density at radius 2 is 1.95 bits per heavy atom.